The zero-order valence-electron chi connectivity index (χ0n) is 13.7. The first-order valence-corrected chi connectivity index (χ1v) is 7.59. The molecule has 23 heavy (non-hydrogen) atoms. The maximum Gasteiger partial charge on any atom is 0.410 e. The Bertz CT molecular complexity index is 537. The van der Waals surface area contributed by atoms with Crippen molar-refractivity contribution in [2.75, 3.05) is 13.1 Å². The van der Waals surface area contributed by atoms with E-state index in [1.807, 2.05) is 31.6 Å². The number of aromatic amines is 1. The van der Waals surface area contributed by atoms with Crippen LogP contribution in [0.25, 0.3) is 0 Å². The van der Waals surface area contributed by atoms with Crippen molar-refractivity contribution in [1.29, 1.82) is 0 Å². The van der Waals surface area contributed by atoms with E-state index in [0.29, 0.717) is 19.1 Å². The maximum atomic E-state index is 11.9. The Morgan fingerprint density at radius 1 is 1.17 bits per heavy atom. The van der Waals surface area contributed by atoms with Crippen molar-refractivity contribution in [3.05, 3.63) is 24.8 Å². The van der Waals surface area contributed by atoms with Gasteiger partial charge in [-0.05, 0) is 33.6 Å². The Morgan fingerprint density at radius 3 is 2.26 bits per heavy atom. The van der Waals surface area contributed by atoms with Crippen LogP contribution in [0, 0.1) is 0 Å². The highest BCUT2D eigenvalue weighted by Gasteiger charge is 2.27. The average molecular weight is 321 g/mol. The minimum absolute atomic E-state index is 0.223. The molecule has 1 N–H and O–H groups in total. The molecule has 9 nitrogen and oxygen atoms in total. The molecule has 0 saturated carbocycles. The Kier molecular flexibility index (Phi) is 5.67. The summed E-state index contributed by atoms with van der Waals surface area (Å²) >= 11 is 0. The number of rotatable bonds is 1. The first-order chi connectivity index (χ1) is 11.0. The molecule has 3 rings (SSSR count). The molecule has 1 aliphatic heterocycles. The zero-order valence-corrected chi connectivity index (χ0v) is 13.7. The van der Waals surface area contributed by atoms with Gasteiger partial charge in [-0.25, -0.2) is 9.48 Å². The zero-order chi connectivity index (χ0) is 16.7. The van der Waals surface area contributed by atoms with Crippen molar-refractivity contribution in [2.45, 2.75) is 45.3 Å². The maximum absolute atomic E-state index is 11.9. The second kappa shape index (κ2) is 7.70. The first kappa shape index (κ1) is 16.9. The smallest absolute Gasteiger partial charge is 0.410 e. The molecule has 126 valence electrons. The predicted octanol–water partition coefficient (Wildman–Crippen LogP) is 1.65. The normalized spacial score (nSPS) is 15.7. The summed E-state index contributed by atoms with van der Waals surface area (Å²) in [6.07, 6.45) is 8.28. The number of amides is 1. The molecule has 0 radical (unpaired) electrons. The number of H-pyrrole nitrogens is 1. The summed E-state index contributed by atoms with van der Waals surface area (Å²) in [6, 6.07) is 0.339. The summed E-state index contributed by atoms with van der Waals surface area (Å²) in [5, 5.41) is 17.1. The number of hydrogen-bond acceptors (Lipinski definition) is 6. The van der Waals surface area contributed by atoms with Gasteiger partial charge >= 0.3 is 6.09 Å². The molecule has 1 saturated heterocycles. The van der Waals surface area contributed by atoms with Gasteiger partial charge in [-0.3, -0.25) is 0 Å². The Balaban J connectivity index is 0.000000326. The topological polar surface area (TPSA) is 102 Å². The number of ether oxygens (including phenoxy) is 1. The minimum Gasteiger partial charge on any atom is -0.444 e. The molecule has 0 bridgehead atoms. The van der Waals surface area contributed by atoms with E-state index in [-0.39, 0.29) is 6.09 Å². The fourth-order valence-corrected chi connectivity index (χ4v) is 2.22. The standard InChI is InChI=1S/C12H20N4O2.C2H3N3/c1-12(2,3)18-11(17)15-7-4-10(5-8-15)16-9-6-13-14-16;1-2-4-5-3-1/h6,9-10H,4-5,7-8H2,1-3H3;1-2H,(H,3,4,5). The summed E-state index contributed by atoms with van der Waals surface area (Å²) in [7, 11) is 0. The molecule has 3 heterocycles. The van der Waals surface area contributed by atoms with Crippen LogP contribution in [0.1, 0.15) is 39.7 Å². The van der Waals surface area contributed by atoms with E-state index in [9.17, 15) is 4.79 Å². The monoisotopic (exact) mass is 321 g/mol. The SMILES string of the molecule is CC(C)(C)OC(=O)N1CCC(n2ccnn2)CC1.c1cn[nH]n1. The molecular formula is C14H23N7O2. The van der Waals surface area contributed by atoms with E-state index in [4.69, 9.17) is 4.74 Å². The van der Waals surface area contributed by atoms with Gasteiger partial charge in [0.2, 0.25) is 0 Å². The number of nitrogens with zero attached hydrogens (tertiary/aromatic N) is 6. The Hall–Kier alpha value is -2.45. The summed E-state index contributed by atoms with van der Waals surface area (Å²) < 4.78 is 7.22. The second-order valence-corrected chi connectivity index (χ2v) is 6.24. The predicted molar refractivity (Wildman–Crippen MR) is 82.5 cm³/mol. The van der Waals surface area contributed by atoms with Gasteiger partial charge in [-0.15, -0.1) is 5.10 Å². The van der Waals surface area contributed by atoms with E-state index < -0.39 is 5.60 Å². The number of nitrogens with one attached hydrogen (secondary N) is 1. The summed E-state index contributed by atoms with van der Waals surface area (Å²) in [5.41, 5.74) is -0.431. The highest BCUT2D eigenvalue weighted by atomic mass is 16.6. The summed E-state index contributed by atoms with van der Waals surface area (Å²) in [6.45, 7) is 7.06. The first-order valence-electron chi connectivity index (χ1n) is 7.59. The minimum atomic E-state index is -0.431. The van der Waals surface area contributed by atoms with Crippen LogP contribution in [0.3, 0.4) is 0 Å². The third-order valence-corrected chi connectivity index (χ3v) is 3.26. The molecule has 1 amide bonds. The molecule has 2 aromatic rings. The van der Waals surface area contributed by atoms with Crippen molar-refractivity contribution in [2.24, 2.45) is 0 Å². The highest BCUT2D eigenvalue weighted by Crippen LogP contribution is 2.22. The van der Waals surface area contributed by atoms with Crippen LogP contribution in [0.4, 0.5) is 4.79 Å². The van der Waals surface area contributed by atoms with E-state index in [1.165, 1.54) is 0 Å². The lowest BCUT2D eigenvalue weighted by Gasteiger charge is -2.33. The van der Waals surface area contributed by atoms with Gasteiger partial charge in [-0.1, -0.05) is 5.21 Å². The van der Waals surface area contributed by atoms with Gasteiger partial charge in [0.1, 0.15) is 5.60 Å². The molecule has 0 aliphatic carbocycles. The third kappa shape index (κ3) is 5.68. The molecular weight excluding hydrogens is 298 g/mol. The fraction of sp³-hybridized carbons (Fsp3) is 0.643. The lowest BCUT2D eigenvalue weighted by molar-refractivity contribution is 0.0184. The number of piperidine rings is 1. The number of aromatic nitrogens is 6. The van der Waals surface area contributed by atoms with E-state index >= 15 is 0 Å². The van der Waals surface area contributed by atoms with Crippen molar-refractivity contribution >= 4 is 6.09 Å². The molecule has 1 aliphatic rings. The third-order valence-electron chi connectivity index (χ3n) is 3.26. The Labute approximate surface area is 135 Å². The number of carbonyl (C=O) groups excluding carboxylic acids is 1. The van der Waals surface area contributed by atoms with Crippen LogP contribution >= 0.6 is 0 Å². The van der Waals surface area contributed by atoms with Crippen LogP contribution in [0.5, 0.6) is 0 Å². The van der Waals surface area contributed by atoms with Crippen LogP contribution in [0.15, 0.2) is 24.8 Å². The molecule has 0 atom stereocenters. The van der Waals surface area contributed by atoms with Crippen LogP contribution in [0.2, 0.25) is 0 Å². The molecule has 9 heteroatoms. The number of likely N-dealkylation sites (tertiary alicyclic amines) is 1. The van der Waals surface area contributed by atoms with Gasteiger partial charge in [-0.2, -0.15) is 15.4 Å². The second-order valence-electron chi connectivity index (χ2n) is 6.24. The molecule has 1 fully saturated rings. The average Bonchev–Trinajstić information content (AvgIpc) is 3.22. The van der Waals surface area contributed by atoms with E-state index in [1.54, 1.807) is 23.5 Å². The summed E-state index contributed by atoms with van der Waals surface area (Å²) in [4.78, 5) is 13.6. The van der Waals surface area contributed by atoms with Crippen LogP contribution < -0.4 is 0 Å². The molecule has 2 aromatic heterocycles. The quantitative estimate of drug-likeness (QED) is 0.857. The number of carbonyl (C=O) groups is 1. The van der Waals surface area contributed by atoms with E-state index in [2.05, 4.69) is 25.7 Å². The van der Waals surface area contributed by atoms with Crippen LogP contribution in [-0.4, -0.2) is 60.1 Å². The van der Waals surface area contributed by atoms with Gasteiger partial charge in [0, 0.05) is 19.3 Å². The van der Waals surface area contributed by atoms with Gasteiger partial charge in [0.05, 0.1) is 24.6 Å². The Morgan fingerprint density at radius 2 is 1.83 bits per heavy atom. The van der Waals surface area contributed by atoms with Crippen molar-refractivity contribution < 1.29 is 9.53 Å². The van der Waals surface area contributed by atoms with Crippen LogP contribution in [-0.2, 0) is 4.74 Å². The lowest BCUT2D eigenvalue weighted by Crippen LogP contribution is -2.42. The van der Waals surface area contributed by atoms with E-state index in [0.717, 1.165) is 12.8 Å². The van der Waals surface area contributed by atoms with Gasteiger partial charge in [0.25, 0.3) is 0 Å². The largest absolute Gasteiger partial charge is 0.444 e. The van der Waals surface area contributed by atoms with Gasteiger partial charge in [0.15, 0.2) is 0 Å². The van der Waals surface area contributed by atoms with Crippen molar-refractivity contribution in [3.8, 4) is 0 Å². The molecule has 0 aromatic carbocycles. The van der Waals surface area contributed by atoms with Crippen molar-refractivity contribution in [3.63, 3.8) is 0 Å². The molecule has 0 spiro atoms. The summed E-state index contributed by atoms with van der Waals surface area (Å²) in [5.74, 6) is 0. The molecule has 0 unspecified atom stereocenters. The number of hydrogen-bond donors (Lipinski definition) is 1. The lowest BCUT2D eigenvalue weighted by atomic mass is 10.1. The van der Waals surface area contributed by atoms with Crippen molar-refractivity contribution in [1.82, 2.24) is 35.3 Å². The highest BCUT2D eigenvalue weighted by molar-refractivity contribution is 5.68. The fourth-order valence-electron chi connectivity index (χ4n) is 2.22. The van der Waals surface area contributed by atoms with Gasteiger partial charge < -0.3 is 9.64 Å².